The standard InChI is InChI=1S/C17H18N2O/c20-17-13(11-15-7-3-9-18-15)5-1-2-6-14(17)12-16-8-4-10-19-16/h3-4,7-12,18-19H,1-2,5-6H2/b13-11+,14-12+. The average molecular weight is 266 g/mol. The molecule has 1 fully saturated rings. The first-order chi connectivity index (χ1) is 9.83. The van der Waals surface area contributed by atoms with Crippen molar-refractivity contribution in [2.75, 3.05) is 0 Å². The summed E-state index contributed by atoms with van der Waals surface area (Å²) in [5.41, 5.74) is 3.80. The van der Waals surface area contributed by atoms with Gasteiger partial charge < -0.3 is 9.97 Å². The van der Waals surface area contributed by atoms with E-state index in [1.807, 2.05) is 48.8 Å². The summed E-state index contributed by atoms with van der Waals surface area (Å²) in [6.45, 7) is 0. The van der Waals surface area contributed by atoms with Crippen LogP contribution in [0.4, 0.5) is 0 Å². The fourth-order valence-electron chi connectivity index (χ4n) is 2.58. The number of aromatic nitrogens is 2. The highest BCUT2D eigenvalue weighted by Crippen LogP contribution is 2.26. The molecule has 0 atom stereocenters. The van der Waals surface area contributed by atoms with Crippen LogP contribution in [-0.2, 0) is 4.79 Å². The Morgan fingerprint density at radius 2 is 1.35 bits per heavy atom. The lowest BCUT2D eigenvalue weighted by atomic mass is 10.0. The minimum Gasteiger partial charge on any atom is -0.362 e. The van der Waals surface area contributed by atoms with E-state index in [1.165, 1.54) is 0 Å². The van der Waals surface area contributed by atoms with Crippen LogP contribution >= 0.6 is 0 Å². The number of carbonyl (C=O) groups excluding carboxylic acids is 1. The molecule has 1 saturated carbocycles. The van der Waals surface area contributed by atoms with E-state index in [2.05, 4.69) is 9.97 Å². The summed E-state index contributed by atoms with van der Waals surface area (Å²) in [5.74, 6) is 0.187. The number of hydrogen-bond acceptors (Lipinski definition) is 1. The Morgan fingerprint density at radius 3 is 1.75 bits per heavy atom. The number of H-pyrrole nitrogens is 2. The van der Waals surface area contributed by atoms with Crippen LogP contribution in [0.3, 0.4) is 0 Å². The van der Waals surface area contributed by atoms with Crippen LogP contribution in [0.1, 0.15) is 37.1 Å². The van der Waals surface area contributed by atoms with Crippen LogP contribution in [0.15, 0.2) is 47.8 Å². The maximum absolute atomic E-state index is 12.6. The molecule has 2 aromatic heterocycles. The summed E-state index contributed by atoms with van der Waals surface area (Å²) >= 11 is 0. The van der Waals surface area contributed by atoms with Gasteiger partial charge in [-0.1, -0.05) is 0 Å². The molecule has 0 amide bonds. The third kappa shape index (κ3) is 2.82. The summed E-state index contributed by atoms with van der Waals surface area (Å²) in [7, 11) is 0. The van der Waals surface area contributed by atoms with Crippen LogP contribution in [0.5, 0.6) is 0 Å². The third-order valence-electron chi connectivity index (χ3n) is 3.63. The molecule has 0 bridgehead atoms. The first kappa shape index (κ1) is 12.7. The predicted octanol–water partition coefficient (Wildman–Crippen LogP) is 3.95. The number of Topliss-reactive ketones (excluding diaryl/α,β-unsaturated/α-hetero) is 1. The van der Waals surface area contributed by atoms with Crippen molar-refractivity contribution in [3.05, 3.63) is 59.2 Å². The van der Waals surface area contributed by atoms with Crippen molar-refractivity contribution in [3.63, 3.8) is 0 Å². The largest absolute Gasteiger partial charge is 0.362 e. The molecule has 0 aliphatic heterocycles. The second-order valence-corrected chi connectivity index (χ2v) is 5.13. The van der Waals surface area contributed by atoms with Crippen molar-refractivity contribution in [2.24, 2.45) is 0 Å². The van der Waals surface area contributed by atoms with Crippen molar-refractivity contribution in [1.82, 2.24) is 9.97 Å². The number of hydrogen-bond donors (Lipinski definition) is 2. The van der Waals surface area contributed by atoms with Gasteiger partial charge in [-0.15, -0.1) is 0 Å². The van der Waals surface area contributed by atoms with Crippen LogP contribution in [0.2, 0.25) is 0 Å². The van der Waals surface area contributed by atoms with E-state index in [4.69, 9.17) is 0 Å². The average Bonchev–Trinajstić information content (AvgIpc) is 3.10. The van der Waals surface area contributed by atoms with Gasteiger partial charge in [0.2, 0.25) is 0 Å². The Balaban J connectivity index is 1.91. The molecule has 2 heterocycles. The van der Waals surface area contributed by atoms with E-state index >= 15 is 0 Å². The number of allylic oxidation sites excluding steroid dienone is 2. The summed E-state index contributed by atoms with van der Waals surface area (Å²) in [6.07, 6.45) is 11.6. The first-order valence-electron chi connectivity index (χ1n) is 7.05. The van der Waals surface area contributed by atoms with Crippen molar-refractivity contribution >= 4 is 17.9 Å². The molecule has 1 aliphatic rings. The molecule has 20 heavy (non-hydrogen) atoms. The predicted molar refractivity (Wildman–Crippen MR) is 81.0 cm³/mol. The Hall–Kier alpha value is -2.29. The monoisotopic (exact) mass is 266 g/mol. The number of ketones is 1. The third-order valence-corrected chi connectivity index (χ3v) is 3.63. The van der Waals surface area contributed by atoms with Crippen LogP contribution in [0.25, 0.3) is 12.2 Å². The quantitative estimate of drug-likeness (QED) is 0.627. The van der Waals surface area contributed by atoms with Gasteiger partial charge in [-0.05, 0) is 62.1 Å². The van der Waals surface area contributed by atoms with Gasteiger partial charge in [-0.25, -0.2) is 0 Å². The summed E-state index contributed by atoms with van der Waals surface area (Å²) < 4.78 is 0. The molecule has 0 radical (unpaired) electrons. The molecule has 0 aromatic carbocycles. The highest BCUT2D eigenvalue weighted by Gasteiger charge is 2.18. The van der Waals surface area contributed by atoms with Crippen molar-refractivity contribution in [1.29, 1.82) is 0 Å². The molecule has 3 nitrogen and oxygen atoms in total. The SMILES string of the molecule is O=C1/C(=C/c2ccc[nH]2)CCCC/C1=C\c1ccc[nH]1. The van der Waals surface area contributed by atoms with Gasteiger partial charge in [0, 0.05) is 34.9 Å². The van der Waals surface area contributed by atoms with Gasteiger partial charge in [0.1, 0.15) is 0 Å². The van der Waals surface area contributed by atoms with E-state index in [9.17, 15) is 4.79 Å². The van der Waals surface area contributed by atoms with E-state index in [0.29, 0.717) is 0 Å². The second kappa shape index (κ2) is 5.78. The minimum absolute atomic E-state index is 0.187. The highest BCUT2D eigenvalue weighted by molar-refractivity contribution is 6.13. The molecule has 0 unspecified atom stereocenters. The molecule has 3 rings (SSSR count). The Kier molecular flexibility index (Phi) is 3.68. The number of nitrogens with one attached hydrogen (secondary N) is 2. The maximum Gasteiger partial charge on any atom is 0.185 e. The molecule has 2 aromatic rings. The lowest BCUT2D eigenvalue weighted by Gasteiger charge is -2.04. The fourth-order valence-corrected chi connectivity index (χ4v) is 2.58. The van der Waals surface area contributed by atoms with Crippen LogP contribution in [-0.4, -0.2) is 15.8 Å². The van der Waals surface area contributed by atoms with E-state index in [-0.39, 0.29) is 5.78 Å². The second-order valence-electron chi connectivity index (χ2n) is 5.13. The lowest BCUT2D eigenvalue weighted by molar-refractivity contribution is -0.112. The van der Waals surface area contributed by atoms with Gasteiger partial charge in [-0.3, -0.25) is 4.79 Å². The Morgan fingerprint density at radius 1 is 0.850 bits per heavy atom. The molecule has 102 valence electrons. The first-order valence-corrected chi connectivity index (χ1v) is 7.05. The molecular formula is C17H18N2O. The zero-order chi connectivity index (χ0) is 13.8. The Bertz CT molecular complexity index is 574. The summed E-state index contributed by atoms with van der Waals surface area (Å²) in [5, 5.41) is 0. The van der Waals surface area contributed by atoms with Gasteiger partial charge in [-0.2, -0.15) is 0 Å². The molecule has 3 heteroatoms. The minimum atomic E-state index is 0.187. The molecule has 0 spiro atoms. The molecule has 0 saturated heterocycles. The van der Waals surface area contributed by atoms with Crippen LogP contribution < -0.4 is 0 Å². The van der Waals surface area contributed by atoms with Gasteiger partial charge in [0.05, 0.1) is 0 Å². The normalized spacial score (nSPS) is 20.5. The topological polar surface area (TPSA) is 48.6 Å². The van der Waals surface area contributed by atoms with Crippen LogP contribution in [0, 0.1) is 0 Å². The molecular weight excluding hydrogens is 248 g/mol. The van der Waals surface area contributed by atoms with E-state index in [1.54, 1.807) is 0 Å². The number of carbonyl (C=O) groups is 1. The number of aromatic amines is 2. The Labute approximate surface area is 118 Å². The summed E-state index contributed by atoms with van der Waals surface area (Å²) in [6, 6.07) is 7.87. The zero-order valence-corrected chi connectivity index (χ0v) is 11.4. The number of rotatable bonds is 2. The van der Waals surface area contributed by atoms with E-state index in [0.717, 1.165) is 48.2 Å². The maximum atomic E-state index is 12.6. The highest BCUT2D eigenvalue weighted by atomic mass is 16.1. The van der Waals surface area contributed by atoms with Gasteiger partial charge in [0.15, 0.2) is 5.78 Å². The van der Waals surface area contributed by atoms with Gasteiger partial charge >= 0.3 is 0 Å². The van der Waals surface area contributed by atoms with Crippen molar-refractivity contribution < 1.29 is 4.79 Å². The zero-order valence-electron chi connectivity index (χ0n) is 11.4. The van der Waals surface area contributed by atoms with Crippen molar-refractivity contribution in [2.45, 2.75) is 25.7 Å². The smallest absolute Gasteiger partial charge is 0.185 e. The van der Waals surface area contributed by atoms with Crippen molar-refractivity contribution in [3.8, 4) is 0 Å². The van der Waals surface area contributed by atoms with Gasteiger partial charge in [0.25, 0.3) is 0 Å². The molecule has 2 N–H and O–H groups in total. The fraction of sp³-hybridized carbons (Fsp3) is 0.235. The van der Waals surface area contributed by atoms with E-state index < -0.39 is 0 Å². The molecule has 1 aliphatic carbocycles. The summed E-state index contributed by atoms with van der Waals surface area (Å²) in [4.78, 5) is 18.9. The lowest BCUT2D eigenvalue weighted by Crippen LogP contribution is -2.04.